The maximum Gasteiger partial charge on any atom is 0.314 e. The fourth-order valence-electron chi connectivity index (χ4n) is 3.21. The van der Waals surface area contributed by atoms with Gasteiger partial charge in [0.2, 0.25) is 10.0 Å². The van der Waals surface area contributed by atoms with Crippen LogP contribution in [0.2, 0.25) is 0 Å². The summed E-state index contributed by atoms with van der Waals surface area (Å²) in [5, 5.41) is 5.26. The number of fused-ring (bicyclic) bond motifs is 1. The van der Waals surface area contributed by atoms with Gasteiger partial charge in [0.05, 0.1) is 24.5 Å². The van der Waals surface area contributed by atoms with Crippen molar-refractivity contribution in [3.8, 4) is 11.5 Å². The summed E-state index contributed by atoms with van der Waals surface area (Å²) < 4.78 is 43.2. The van der Waals surface area contributed by atoms with Crippen LogP contribution in [0.4, 0.5) is 4.79 Å². The molecule has 0 saturated carbocycles. The number of amides is 2. The number of para-hydroxylation sites is 2. The summed E-state index contributed by atoms with van der Waals surface area (Å²) in [6.45, 7) is 4.97. The van der Waals surface area contributed by atoms with E-state index in [-0.39, 0.29) is 37.2 Å². The molecule has 0 unspecified atom stereocenters. The highest BCUT2D eigenvalue weighted by atomic mass is 32.2. The molecule has 2 N–H and O–H groups in total. The molecule has 1 aromatic carbocycles. The first-order valence-electron chi connectivity index (χ1n) is 9.37. The van der Waals surface area contributed by atoms with Crippen molar-refractivity contribution in [1.29, 1.82) is 0 Å². The fourth-order valence-corrected chi connectivity index (χ4v) is 4.71. The number of nitrogens with one attached hydrogen (secondary N) is 2. The fraction of sp³-hybridized carbons (Fsp3) is 0.611. The van der Waals surface area contributed by atoms with E-state index in [4.69, 9.17) is 14.2 Å². The number of morpholine rings is 1. The zero-order chi connectivity index (χ0) is 20.1. The SMILES string of the molecule is C[C@@H]1CN(S(=O)(=O)CCNC(=O)NC[C@@H]2COc3ccccc3O2)C[C@H](C)O1. The Morgan fingerprint density at radius 1 is 1.14 bits per heavy atom. The lowest BCUT2D eigenvalue weighted by Gasteiger charge is -2.34. The van der Waals surface area contributed by atoms with Gasteiger partial charge in [0.25, 0.3) is 0 Å². The minimum Gasteiger partial charge on any atom is -0.486 e. The third-order valence-corrected chi connectivity index (χ3v) is 6.29. The molecule has 1 saturated heterocycles. The highest BCUT2D eigenvalue weighted by Crippen LogP contribution is 2.30. The van der Waals surface area contributed by atoms with Gasteiger partial charge in [-0.15, -0.1) is 0 Å². The van der Waals surface area contributed by atoms with Gasteiger partial charge in [-0.1, -0.05) is 12.1 Å². The normalized spacial score (nSPS) is 25.1. The van der Waals surface area contributed by atoms with Crippen molar-refractivity contribution in [2.24, 2.45) is 0 Å². The Bertz CT molecular complexity index is 777. The van der Waals surface area contributed by atoms with Crippen molar-refractivity contribution in [2.75, 3.05) is 38.5 Å². The number of nitrogens with zero attached hydrogens (tertiary/aromatic N) is 1. The Hall–Kier alpha value is -2.04. The Morgan fingerprint density at radius 3 is 2.54 bits per heavy atom. The van der Waals surface area contributed by atoms with Crippen molar-refractivity contribution in [1.82, 2.24) is 14.9 Å². The maximum atomic E-state index is 12.4. The lowest BCUT2D eigenvalue weighted by Crippen LogP contribution is -2.50. The van der Waals surface area contributed by atoms with E-state index in [2.05, 4.69) is 10.6 Å². The highest BCUT2D eigenvalue weighted by Gasteiger charge is 2.30. The molecule has 2 aliphatic rings. The van der Waals surface area contributed by atoms with Crippen LogP contribution in [0.25, 0.3) is 0 Å². The van der Waals surface area contributed by atoms with Crippen molar-refractivity contribution in [3.63, 3.8) is 0 Å². The quantitative estimate of drug-likeness (QED) is 0.706. The predicted molar refractivity (Wildman–Crippen MR) is 103 cm³/mol. The average Bonchev–Trinajstić information content (AvgIpc) is 2.65. The summed E-state index contributed by atoms with van der Waals surface area (Å²) in [4.78, 5) is 12.0. The Labute approximate surface area is 165 Å². The number of ether oxygens (including phenoxy) is 3. The maximum absolute atomic E-state index is 12.4. The van der Waals surface area contributed by atoms with E-state index < -0.39 is 16.1 Å². The van der Waals surface area contributed by atoms with Crippen LogP contribution in [0.15, 0.2) is 24.3 Å². The molecule has 1 aromatic rings. The summed E-state index contributed by atoms with van der Waals surface area (Å²) in [5.41, 5.74) is 0. The van der Waals surface area contributed by atoms with Gasteiger partial charge in [-0.25, -0.2) is 13.2 Å². The van der Waals surface area contributed by atoms with E-state index in [0.717, 1.165) is 0 Å². The molecule has 0 aliphatic carbocycles. The number of urea groups is 1. The summed E-state index contributed by atoms with van der Waals surface area (Å²) in [5.74, 6) is 1.16. The number of carbonyl (C=O) groups excluding carboxylic acids is 1. The van der Waals surface area contributed by atoms with Crippen molar-refractivity contribution in [2.45, 2.75) is 32.2 Å². The van der Waals surface area contributed by atoms with Crippen LogP contribution in [0.5, 0.6) is 11.5 Å². The number of hydrogen-bond acceptors (Lipinski definition) is 6. The molecule has 9 nitrogen and oxygen atoms in total. The van der Waals surface area contributed by atoms with Crippen molar-refractivity contribution < 1.29 is 27.4 Å². The minimum absolute atomic E-state index is 0.0269. The van der Waals surface area contributed by atoms with E-state index in [1.807, 2.05) is 32.0 Å². The molecule has 2 amide bonds. The monoisotopic (exact) mass is 413 g/mol. The van der Waals surface area contributed by atoms with E-state index in [1.165, 1.54) is 4.31 Å². The number of benzene rings is 1. The zero-order valence-electron chi connectivity index (χ0n) is 16.1. The third kappa shape index (κ3) is 5.49. The molecule has 3 rings (SSSR count). The van der Waals surface area contributed by atoms with E-state index >= 15 is 0 Å². The molecule has 2 aliphatic heterocycles. The van der Waals surface area contributed by atoms with Gasteiger partial charge in [0.1, 0.15) is 6.61 Å². The smallest absolute Gasteiger partial charge is 0.314 e. The summed E-state index contributed by atoms with van der Waals surface area (Å²) >= 11 is 0. The Balaban J connectivity index is 1.38. The first kappa shape index (κ1) is 20.7. The largest absolute Gasteiger partial charge is 0.486 e. The number of sulfonamides is 1. The van der Waals surface area contributed by atoms with Gasteiger partial charge in [-0.2, -0.15) is 4.31 Å². The standard InChI is InChI=1S/C18H27N3O6S/c1-13-10-21(11-14(2)26-13)28(23,24)8-7-19-18(22)20-9-15-12-25-16-5-3-4-6-17(16)27-15/h3-6,13-15H,7-12H2,1-2H3,(H2,19,20,22)/t13-,14+,15-/m1/s1. The van der Waals surface area contributed by atoms with Gasteiger partial charge < -0.3 is 24.8 Å². The van der Waals surface area contributed by atoms with Crippen molar-refractivity contribution in [3.05, 3.63) is 24.3 Å². The predicted octanol–water partition coefficient (Wildman–Crippen LogP) is 0.565. The van der Waals surface area contributed by atoms with E-state index in [9.17, 15) is 13.2 Å². The molecule has 0 spiro atoms. The summed E-state index contributed by atoms with van der Waals surface area (Å²) in [6, 6.07) is 6.89. The van der Waals surface area contributed by atoms with E-state index in [0.29, 0.717) is 31.2 Å². The topological polar surface area (TPSA) is 106 Å². The Kier molecular flexibility index (Phi) is 6.63. The van der Waals surface area contributed by atoms with Crippen LogP contribution in [0.1, 0.15) is 13.8 Å². The van der Waals surface area contributed by atoms with Gasteiger partial charge in [-0.3, -0.25) is 0 Å². The lowest BCUT2D eigenvalue weighted by molar-refractivity contribution is -0.0440. The van der Waals surface area contributed by atoms with Crippen LogP contribution < -0.4 is 20.1 Å². The first-order chi connectivity index (χ1) is 13.3. The molecule has 0 aromatic heterocycles. The molecule has 2 heterocycles. The second-order valence-electron chi connectivity index (χ2n) is 7.02. The van der Waals surface area contributed by atoms with Gasteiger partial charge in [-0.05, 0) is 26.0 Å². The number of rotatable bonds is 6. The van der Waals surface area contributed by atoms with Crippen LogP contribution in [0.3, 0.4) is 0 Å². The molecule has 1 fully saturated rings. The molecule has 0 radical (unpaired) electrons. The van der Waals surface area contributed by atoms with Crippen molar-refractivity contribution >= 4 is 16.1 Å². The van der Waals surface area contributed by atoms with Crippen LogP contribution in [0, 0.1) is 0 Å². The molecule has 3 atom stereocenters. The molecule has 0 bridgehead atoms. The molecule has 156 valence electrons. The highest BCUT2D eigenvalue weighted by molar-refractivity contribution is 7.89. The zero-order valence-corrected chi connectivity index (χ0v) is 16.9. The van der Waals surface area contributed by atoms with Gasteiger partial charge in [0, 0.05) is 19.6 Å². The third-order valence-electron chi connectivity index (χ3n) is 4.48. The molecule has 28 heavy (non-hydrogen) atoms. The number of hydrogen-bond donors (Lipinski definition) is 2. The molecular formula is C18H27N3O6S. The van der Waals surface area contributed by atoms with Crippen LogP contribution in [-0.4, -0.2) is 75.6 Å². The molecular weight excluding hydrogens is 386 g/mol. The van der Waals surface area contributed by atoms with E-state index in [1.54, 1.807) is 6.07 Å². The van der Waals surface area contributed by atoms with Gasteiger partial charge >= 0.3 is 6.03 Å². The second-order valence-corrected chi connectivity index (χ2v) is 9.11. The summed E-state index contributed by atoms with van der Waals surface area (Å²) in [6.07, 6.45) is -0.587. The Morgan fingerprint density at radius 2 is 1.82 bits per heavy atom. The van der Waals surface area contributed by atoms with Crippen LogP contribution in [-0.2, 0) is 14.8 Å². The lowest BCUT2D eigenvalue weighted by atomic mass is 10.2. The minimum atomic E-state index is -3.45. The van der Waals surface area contributed by atoms with Crippen LogP contribution >= 0.6 is 0 Å². The second kappa shape index (κ2) is 8.97. The average molecular weight is 413 g/mol. The molecule has 10 heteroatoms. The van der Waals surface area contributed by atoms with Gasteiger partial charge in [0.15, 0.2) is 17.6 Å². The summed E-state index contributed by atoms with van der Waals surface area (Å²) in [7, 11) is -3.45. The number of carbonyl (C=O) groups is 1. The first-order valence-corrected chi connectivity index (χ1v) is 11.0.